The number of rotatable bonds is 1. The maximum atomic E-state index is 11.2. The summed E-state index contributed by atoms with van der Waals surface area (Å²) in [6, 6.07) is 6.98. The Balaban J connectivity index is 2.44. The number of urea groups is 1. The van der Waals surface area contributed by atoms with Crippen molar-refractivity contribution in [3.63, 3.8) is 0 Å². The van der Waals surface area contributed by atoms with Crippen molar-refractivity contribution in [3.05, 3.63) is 29.8 Å². The Bertz CT molecular complexity index is 363. The second-order valence-electron chi connectivity index (χ2n) is 2.93. The topological polar surface area (TPSA) is 79.2 Å². The molecule has 0 aliphatic carbocycles. The SMILES string of the molecule is Cc1ccc(NC(=O)NNC(N)=S)cc1. The number of hydrogen-bond acceptors (Lipinski definition) is 2. The van der Waals surface area contributed by atoms with Gasteiger partial charge in [-0.25, -0.2) is 10.2 Å². The predicted molar refractivity (Wildman–Crippen MR) is 63.3 cm³/mol. The molecule has 0 saturated heterocycles. The summed E-state index contributed by atoms with van der Waals surface area (Å²) >= 11 is 4.52. The van der Waals surface area contributed by atoms with E-state index in [1.165, 1.54) is 0 Å². The van der Waals surface area contributed by atoms with E-state index in [0.717, 1.165) is 5.56 Å². The Hall–Kier alpha value is -1.82. The van der Waals surface area contributed by atoms with Crippen LogP contribution < -0.4 is 21.9 Å². The number of nitrogens with one attached hydrogen (secondary N) is 3. The van der Waals surface area contributed by atoms with Crippen LogP contribution in [-0.2, 0) is 0 Å². The molecule has 0 bridgehead atoms. The van der Waals surface area contributed by atoms with Crippen molar-refractivity contribution in [2.75, 3.05) is 5.32 Å². The highest BCUT2D eigenvalue weighted by Crippen LogP contribution is 2.07. The van der Waals surface area contributed by atoms with Crippen LogP contribution in [0.5, 0.6) is 0 Å². The molecular formula is C9H12N4OS. The van der Waals surface area contributed by atoms with E-state index >= 15 is 0 Å². The van der Waals surface area contributed by atoms with E-state index in [-0.39, 0.29) is 5.11 Å². The molecule has 1 aromatic rings. The van der Waals surface area contributed by atoms with E-state index in [1.807, 2.05) is 19.1 Å². The third-order valence-corrected chi connectivity index (χ3v) is 1.71. The van der Waals surface area contributed by atoms with Crippen molar-refractivity contribution in [2.24, 2.45) is 5.73 Å². The minimum Gasteiger partial charge on any atom is -0.375 e. The lowest BCUT2D eigenvalue weighted by molar-refractivity contribution is 0.250. The molecule has 0 spiro atoms. The zero-order valence-electron chi connectivity index (χ0n) is 8.20. The smallest absolute Gasteiger partial charge is 0.337 e. The average molecular weight is 224 g/mol. The van der Waals surface area contributed by atoms with Crippen LogP contribution >= 0.6 is 12.2 Å². The van der Waals surface area contributed by atoms with Crippen molar-refractivity contribution in [2.45, 2.75) is 6.92 Å². The average Bonchev–Trinajstić information content (AvgIpc) is 2.19. The Morgan fingerprint density at radius 2 is 1.87 bits per heavy atom. The number of nitrogens with two attached hydrogens (primary N) is 1. The second kappa shape index (κ2) is 5.16. The van der Waals surface area contributed by atoms with Gasteiger partial charge < -0.3 is 11.1 Å². The molecule has 80 valence electrons. The zero-order chi connectivity index (χ0) is 11.3. The molecule has 0 atom stereocenters. The van der Waals surface area contributed by atoms with Gasteiger partial charge in [-0.15, -0.1) is 0 Å². The number of anilines is 1. The van der Waals surface area contributed by atoms with E-state index in [0.29, 0.717) is 5.69 Å². The summed E-state index contributed by atoms with van der Waals surface area (Å²) in [6.07, 6.45) is 0. The molecule has 0 heterocycles. The molecule has 1 aromatic carbocycles. The van der Waals surface area contributed by atoms with Gasteiger partial charge in [-0.1, -0.05) is 17.7 Å². The molecule has 15 heavy (non-hydrogen) atoms. The summed E-state index contributed by atoms with van der Waals surface area (Å²) in [4.78, 5) is 11.2. The summed E-state index contributed by atoms with van der Waals surface area (Å²) in [5, 5.41) is 2.61. The molecular weight excluding hydrogens is 212 g/mol. The van der Waals surface area contributed by atoms with Gasteiger partial charge in [0.05, 0.1) is 0 Å². The normalized spacial score (nSPS) is 9.13. The monoisotopic (exact) mass is 224 g/mol. The van der Waals surface area contributed by atoms with Gasteiger partial charge in [0.15, 0.2) is 5.11 Å². The summed E-state index contributed by atoms with van der Waals surface area (Å²) < 4.78 is 0. The molecule has 6 heteroatoms. The molecule has 2 amide bonds. The van der Waals surface area contributed by atoms with E-state index in [1.54, 1.807) is 12.1 Å². The van der Waals surface area contributed by atoms with Crippen LogP contribution in [0.4, 0.5) is 10.5 Å². The van der Waals surface area contributed by atoms with Crippen LogP contribution in [-0.4, -0.2) is 11.1 Å². The first-order chi connectivity index (χ1) is 7.08. The van der Waals surface area contributed by atoms with Crippen molar-refractivity contribution in [1.29, 1.82) is 0 Å². The number of hydrazine groups is 1. The summed E-state index contributed by atoms with van der Waals surface area (Å²) in [7, 11) is 0. The van der Waals surface area contributed by atoms with E-state index < -0.39 is 6.03 Å². The van der Waals surface area contributed by atoms with Gasteiger partial charge >= 0.3 is 6.03 Å². The lowest BCUT2D eigenvalue weighted by Crippen LogP contribution is -2.46. The Morgan fingerprint density at radius 1 is 1.27 bits per heavy atom. The van der Waals surface area contributed by atoms with Crippen LogP contribution in [0.25, 0.3) is 0 Å². The van der Waals surface area contributed by atoms with E-state index in [9.17, 15) is 4.79 Å². The van der Waals surface area contributed by atoms with Gasteiger partial charge in [0, 0.05) is 5.69 Å². The molecule has 0 aliphatic heterocycles. The third-order valence-electron chi connectivity index (χ3n) is 1.61. The van der Waals surface area contributed by atoms with Gasteiger partial charge in [0.2, 0.25) is 0 Å². The maximum Gasteiger partial charge on any atom is 0.337 e. The second-order valence-corrected chi connectivity index (χ2v) is 3.37. The molecule has 0 unspecified atom stereocenters. The van der Waals surface area contributed by atoms with Gasteiger partial charge in [-0.2, -0.15) is 0 Å². The molecule has 0 radical (unpaired) electrons. The number of benzene rings is 1. The van der Waals surface area contributed by atoms with E-state index in [4.69, 9.17) is 5.73 Å². The summed E-state index contributed by atoms with van der Waals surface area (Å²) in [6.45, 7) is 1.97. The van der Waals surface area contributed by atoms with Crippen molar-refractivity contribution in [3.8, 4) is 0 Å². The van der Waals surface area contributed by atoms with Crippen LogP contribution in [0, 0.1) is 6.92 Å². The lowest BCUT2D eigenvalue weighted by Gasteiger charge is -2.08. The molecule has 5 N–H and O–H groups in total. The number of aryl methyl sites for hydroxylation is 1. The van der Waals surface area contributed by atoms with Crippen LogP contribution in [0.1, 0.15) is 5.56 Å². The molecule has 1 rings (SSSR count). The minimum atomic E-state index is -0.424. The highest BCUT2D eigenvalue weighted by Gasteiger charge is 1.99. The number of hydrogen-bond donors (Lipinski definition) is 4. The standard InChI is InChI=1S/C9H12N4OS/c1-6-2-4-7(5-3-6)11-9(14)13-12-8(10)15/h2-5H,1H3,(H3,10,12,15)(H2,11,13,14). The number of thiocarbonyl (C=S) groups is 1. The van der Waals surface area contributed by atoms with Crippen LogP contribution in [0.15, 0.2) is 24.3 Å². The Kier molecular flexibility index (Phi) is 3.87. The zero-order valence-corrected chi connectivity index (χ0v) is 9.02. The Labute approximate surface area is 93.0 Å². The minimum absolute atomic E-state index is 0.00839. The molecule has 0 saturated carbocycles. The summed E-state index contributed by atoms with van der Waals surface area (Å²) in [5.74, 6) is 0. The highest BCUT2D eigenvalue weighted by atomic mass is 32.1. The molecule has 0 aliphatic rings. The first-order valence-electron chi connectivity index (χ1n) is 4.27. The fourth-order valence-corrected chi connectivity index (χ4v) is 0.969. The number of amides is 2. The highest BCUT2D eigenvalue weighted by molar-refractivity contribution is 7.80. The Morgan fingerprint density at radius 3 is 2.40 bits per heavy atom. The molecule has 0 aromatic heterocycles. The van der Waals surface area contributed by atoms with Crippen molar-refractivity contribution >= 4 is 29.0 Å². The van der Waals surface area contributed by atoms with Gasteiger partial charge in [0.25, 0.3) is 0 Å². The third kappa shape index (κ3) is 4.28. The lowest BCUT2D eigenvalue weighted by atomic mass is 10.2. The fraction of sp³-hybridized carbons (Fsp3) is 0.111. The van der Waals surface area contributed by atoms with Crippen LogP contribution in [0.3, 0.4) is 0 Å². The van der Waals surface area contributed by atoms with Crippen molar-refractivity contribution < 1.29 is 4.79 Å². The summed E-state index contributed by atoms with van der Waals surface area (Å²) in [5.41, 5.74) is 11.6. The largest absolute Gasteiger partial charge is 0.375 e. The quantitative estimate of drug-likeness (QED) is 0.421. The molecule has 0 fully saturated rings. The van der Waals surface area contributed by atoms with E-state index in [2.05, 4.69) is 28.4 Å². The number of carbonyl (C=O) groups is 1. The van der Waals surface area contributed by atoms with Gasteiger partial charge in [-0.3, -0.25) is 5.43 Å². The van der Waals surface area contributed by atoms with Gasteiger partial charge in [-0.05, 0) is 31.3 Å². The van der Waals surface area contributed by atoms with Crippen molar-refractivity contribution in [1.82, 2.24) is 10.9 Å². The van der Waals surface area contributed by atoms with Gasteiger partial charge in [0.1, 0.15) is 0 Å². The first kappa shape index (κ1) is 11.3. The number of carbonyl (C=O) groups excluding carboxylic acids is 1. The predicted octanol–water partition coefficient (Wildman–Crippen LogP) is 0.865. The fourth-order valence-electron chi connectivity index (χ4n) is 0.918. The molecule has 5 nitrogen and oxygen atoms in total. The first-order valence-corrected chi connectivity index (χ1v) is 4.68. The maximum absolute atomic E-state index is 11.2. The van der Waals surface area contributed by atoms with Crippen LogP contribution in [0.2, 0.25) is 0 Å².